The fourth-order valence-electron chi connectivity index (χ4n) is 3.81. The number of hydrogen-bond donors (Lipinski definition) is 1. The summed E-state index contributed by atoms with van der Waals surface area (Å²) in [4.78, 5) is 2.21. The molecule has 140 valence electrons. The van der Waals surface area contributed by atoms with Crippen LogP contribution in [0.5, 0.6) is 0 Å². The first-order valence-corrected chi connectivity index (χ1v) is 9.71. The van der Waals surface area contributed by atoms with Gasteiger partial charge in [0.2, 0.25) is 0 Å². The molecule has 0 saturated carbocycles. The standard InChI is InChI=1S/C26H26N2/c1-20-8-6-12-24(18-20)28(25-13-7-9-21(2)19-25)26(27)16-14-23(15-17-26)22-10-4-3-5-11-22/h3-19,23H,27H2,1-2H3. The lowest BCUT2D eigenvalue weighted by Crippen LogP contribution is -2.52. The molecular weight excluding hydrogens is 340 g/mol. The van der Waals surface area contributed by atoms with Crippen LogP contribution in [0.4, 0.5) is 11.4 Å². The van der Waals surface area contributed by atoms with E-state index >= 15 is 0 Å². The molecule has 4 rings (SSSR count). The Morgan fingerprint density at radius 3 is 1.75 bits per heavy atom. The van der Waals surface area contributed by atoms with E-state index in [0.29, 0.717) is 0 Å². The Morgan fingerprint density at radius 1 is 0.714 bits per heavy atom. The molecule has 0 unspecified atom stereocenters. The second-order valence-corrected chi connectivity index (χ2v) is 7.56. The van der Waals surface area contributed by atoms with E-state index in [1.807, 2.05) is 6.07 Å². The fourth-order valence-corrected chi connectivity index (χ4v) is 3.81. The monoisotopic (exact) mass is 366 g/mol. The molecule has 0 aromatic heterocycles. The molecule has 3 aromatic rings. The number of benzene rings is 3. The predicted molar refractivity (Wildman–Crippen MR) is 119 cm³/mol. The lowest BCUT2D eigenvalue weighted by molar-refractivity contribution is 0.648. The highest BCUT2D eigenvalue weighted by Gasteiger charge is 2.31. The van der Waals surface area contributed by atoms with Crippen molar-refractivity contribution in [1.29, 1.82) is 0 Å². The number of rotatable bonds is 4. The Labute approximate surface area is 167 Å². The number of aryl methyl sites for hydroxylation is 2. The molecule has 2 N–H and O–H groups in total. The zero-order chi connectivity index (χ0) is 19.6. The van der Waals surface area contributed by atoms with Gasteiger partial charge in [-0.3, -0.25) is 0 Å². The van der Waals surface area contributed by atoms with Crippen molar-refractivity contribution in [2.24, 2.45) is 5.73 Å². The zero-order valence-electron chi connectivity index (χ0n) is 16.4. The molecule has 0 aliphatic heterocycles. The van der Waals surface area contributed by atoms with Gasteiger partial charge >= 0.3 is 0 Å². The molecule has 0 spiro atoms. The fraction of sp³-hybridized carbons (Fsp3) is 0.154. The average Bonchev–Trinajstić information content (AvgIpc) is 2.69. The zero-order valence-corrected chi connectivity index (χ0v) is 16.4. The van der Waals surface area contributed by atoms with E-state index in [4.69, 9.17) is 5.73 Å². The van der Waals surface area contributed by atoms with Gasteiger partial charge in [-0.15, -0.1) is 0 Å². The average molecular weight is 367 g/mol. The van der Waals surface area contributed by atoms with Gasteiger partial charge in [-0.2, -0.15) is 0 Å². The minimum Gasteiger partial charge on any atom is -0.316 e. The van der Waals surface area contributed by atoms with Crippen LogP contribution in [0.3, 0.4) is 0 Å². The third-order valence-corrected chi connectivity index (χ3v) is 5.23. The first kappa shape index (κ1) is 18.3. The minimum absolute atomic E-state index is 0.245. The SMILES string of the molecule is Cc1cccc(N(c2cccc(C)c2)C2(N)C=CC(c3ccccc3)C=C2)c1. The molecule has 2 heteroatoms. The largest absolute Gasteiger partial charge is 0.316 e. The number of nitrogens with two attached hydrogens (primary N) is 1. The number of allylic oxidation sites excluding steroid dienone is 2. The molecule has 0 bridgehead atoms. The Hall–Kier alpha value is -3.10. The summed E-state index contributed by atoms with van der Waals surface area (Å²) in [6.07, 6.45) is 8.65. The van der Waals surface area contributed by atoms with Gasteiger partial charge in [0.1, 0.15) is 5.66 Å². The highest BCUT2D eigenvalue weighted by atomic mass is 15.3. The molecule has 0 heterocycles. The van der Waals surface area contributed by atoms with E-state index < -0.39 is 5.66 Å². The van der Waals surface area contributed by atoms with Gasteiger partial charge in [0.25, 0.3) is 0 Å². The molecule has 0 saturated heterocycles. The lowest BCUT2D eigenvalue weighted by Gasteiger charge is -2.41. The smallest absolute Gasteiger partial charge is 0.131 e. The van der Waals surface area contributed by atoms with Crippen LogP contribution in [0.2, 0.25) is 0 Å². The quantitative estimate of drug-likeness (QED) is 0.453. The Bertz CT molecular complexity index is 958. The van der Waals surface area contributed by atoms with Crippen molar-refractivity contribution in [3.05, 3.63) is 120 Å². The van der Waals surface area contributed by atoms with Gasteiger partial charge in [0.15, 0.2) is 0 Å². The van der Waals surface area contributed by atoms with Crippen molar-refractivity contribution in [3.8, 4) is 0 Å². The highest BCUT2D eigenvalue weighted by Crippen LogP contribution is 2.36. The molecule has 1 aliphatic rings. The van der Waals surface area contributed by atoms with Crippen LogP contribution in [0.25, 0.3) is 0 Å². The summed E-state index contributed by atoms with van der Waals surface area (Å²) in [6.45, 7) is 4.22. The molecule has 0 radical (unpaired) electrons. The maximum atomic E-state index is 6.96. The lowest BCUT2D eigenvalue weighted by atomic mass is 9.89. The minimum atomic E-state index is -0.729. The van der Waals surface area contributed by atoms with Crippen molar-refractivity contribution >= 4 is 11.4 Å². The number of hydrogen-bond acceptors (Lipinski definition) is 2. The van der Waals surface area contributed by atoms with Gasteiger partial charge in [-0.25, -0.2) is 0 Å². The topological polar surface area (TPSA) is 29.3 Å². The Kier molecular flexibility index (Phi) is 4.89. The molecular formula is C26H26N2. The second-order valence-electron chi connectivity index (χ2n) is 7.56. The van der Waals surface area contributed by atoms with Crippen LogP contribution in [0, 0.1) is 13.8 Å². The van der Waals surface area contributed by atoms with E-state index in [2.05, 4.69) is 116 Å². The Morgan fingerprint density at radius 2 is 1.25 bits per heavy atom. The molecule has 0 amide bonds. The van der Waals surface area contributed by atoms with Crippen molar-refractivity contribution in [2.75, 3.05) is 4.90 Å². The van der Waals surface area contributed by atoms with Gasteiger partial charge in [-0.1, -0.05) is 66.7 Å². The molecule has 3 aromatic carbocycles. The van der Waals surface area contributed by atoms with Crippen LogP contribution in [-0.2, 0) is 0 Å². The summed E-state index contributed by atoms with van der Waals surface area (Å²) in [5.41, 5.74) is 12.1. The molecule has 0 fully saturated rings. The van der Waals surface area contributed by atoms with Gasteiger partial charge in [0.05, 0.1) is 0 Å². The van der Waals surface area contributed by atoms with Crippen molar-refractivity contribution in [3.63, 3.8) is 0 Å². The van der Waals surface area contributed by atoms with Crippen molar-refractivity contribution in [2.45, 2.75) is 25.4 Å². The van der Waals surface area contributed by atoms with E-state index in [9.17, 15) is 0 Å². The van der Waals surface area contributed by atoms with Gasteiger partial charge in [0, 0.05) is 17.3 Å². The normalized spacial score (nSPS) is 20.9. The van der Waals surface area contributed by atoms with Crippen molar-refractivity contribution in [1.82, 2.24) is 0 Å². The molecule has 2 nitrogen and oxygen atoms in total. The van der Waals surface area contributed by atoms with E-state index in [1.54, 1.807) is 0 Å². The summed E-state index contributed by atoms with van der Waals surface area (Å²) in [7, 11) is 0. The van der Waals surface area contributed by atoms with Gasteiger partial charge in [-0.05, 0) is 67.0 Å². The van der Waals surface area contributed by atoms with E-state index in [1.165, 1.54) is 16.7 Å². The van der Waals surface area contributed by atoms with Crippen molar-refractivity contribution < 1.29 is 0 Å². The summed E-state index contributed by atoms with van der Waals surface area (Å²) in [6, 6.07) is 27.5. The van der Waals surface area contributed by atoms with Crippen LogP contribution >= 0.6 is 0 Å². The molecule has 28 heavy (non-hydrogen) atoms. The summed E-state index contributed by atoms with van der Waals surface area (Å²) >= 11 is 0. The molecule has 0 atom stereocenters. The summed E-state index contributed by atoms with van der Waals surface area (Å²) < 4.78 is 0. The third kappa shape index (κ3) is 3.64. The van der Waals surface area contributed by atoms with Crippen LogP contribution in [0.15, 0.2) is 103 Å². The van der Waals surface area contributed by atoms with Crippen LogP contribution < -0.4 is 10.6 Å². The number of nitrogens with zero attached hydrogens (tertiary/aromatic N) is 1. The van der Waals surface area contributed by atoms with Gasteiger partial charge < -0.3 is 10.6 Å². The maximum absolute atomic E-state index is 6.96. The third-order valence-electron chi connectivity index (χ3n) is 5.23. The van der Waals surface area contributed by atoms with Crippen LogP contribution in [-0.4, -0.2) is 5.66 Å². The summed E-state index contributed by atoms with van der Waals surface area (Å²) in [5, 5.41) is 0. The Balaban J connectivity index is 1.76. The predicted octanol–water partition coefficient (Wildman–Crippen LogP) is 6.01. The van der Waals surface area contributed by atoms with Crippen LogP contribution in [0.1, 0.15) is 22.6 Å². The molecule has 1 aliphatic carbocycles. The van der Waals surface area contributed by atoms with E-state index in [-0.39, 0.29) is 5.92 Å². The highest BCUT2D eigenvalue weighted by molar-refractivity contribution is 5.69. The first-order valence-electron chi connectivity index (χ1n) is 9.71. The maximum Gasteiger partial charge on any atom is 0.131 e. The van der Waals surface area contributed by atoms with E-state index in [0.717, 1.165) is 11.4 Å². The number of anilines is 2. The second kappa shape index (κ2) is 7.49. The summed E-state index contributed by atoms with van der Waals surface area (Å²) in [5.74, 6) is 0.245. The first-order chi connectivity index (χ1) is 13.5.